The van der Waals surface area contributed by atoms with Gasteiger partial charge in [0.2, 0.25) is 0 Å². The SMILES string of the molecule is CCN(CC)CCNCc1cn(-c2ccc3ncnc(Nc4ccc(OCc5cccc(F)c5)c(Cl)c4)c3c2)cc1C(F)(F)F. The van der Waals surface area contributed by atoms with Gasteiger partial charge in [-0.1, -0.05) is 37.6 Å². The van der Waals surface area contributed by atoms with Crippen molar-refractivity contribution in [2.45, 2.75) is 33.2 Å². The van der Waals surface area contributed by atoms with E-state index < -0.39 is 11.7 Å². The second-order valence-electron chi connectivity index (χ2n) is 10.4. The minimum atomic E-state index is -4.50. The highest BCUT2D eigenvalue weighted by atomic mass is 35.5. The Balaban J connectivity index is 1.35. The largest absolute Gasteiger partial charge is 0.487 e. The lowest BCUT2D eigenvalue weighted by atomic mass is 10.2. The van der Waals surface area contributed by atoms with Crippen molar-refractivity contribution in [3.8, 4) is 11.4 Å². The van der Waals surface area contributed by atoms with Gasteiger partial charge in [0.1, 0.15) is 30.3 Å². The van der Waals surface area contributed by atoms with Crippen LogP contribution in [0.4, 0.5) is 29.1 Å². The zero-order chi connectivity index (χ0) is 32.0. The third kappa shape index (κ3) is 8.10. The first-order valence-corrected chi connectivity index (χ1v) is 14.9. The van der Waals surface area contributed by atoms with Crippen LogP contribution in [-0.4, -0.2) is 45.6 Å². The number of aromatic nitrogens is 3. The van der Waals surface area contributed by atoms with Crippen molar-refractivity contribution < 1.29 is 22.3 Å². The minimum Gasteiger partial charge on any atom is -0.487 e. The van der Waals surface area contributed by atoms with E-state index in [-0.39, 0.29) is 24.5 Å². The van der Waals surface area contributed by atoms with Crippen molar-refractivity contribution in [2.24, 2.45) is 0 Å². The van der Waals surface area contributed by atoms with Crippen LogP contribution in [-0.2, 0) is 19.3 Å². The molecule has 3 aromatic carbocycles. The summed E-state index contributed by atoms with van der Waals surface area (Å²) in [4.78, 5) is 10.9. The molecule has 0 radical (unpaired) electrons. The molecular weight excluding hydrogens is 608 g/mol. The normalized spacial score (nSPS) is 11.8. The number of benzene rings is 3. The maximum Gasteiger partial charge on any atom is 0.418 e. The van der Waals surface area contributed by atoms with Crippen molar-refractivity contribution in [3.05, 3.63) is 107 Å². The molecule has 5 aromatic rings. The summed E-state index contributed by atoms with van der Waals surface area (Å²) in [6, 6.07) is 16.4. The van der Waals surface area contributed by atoms with E-state index in [1.165, 1.54) is 29.2 Å². The van der Waals surface area contributed by atoms with Crippen molar-refractivity contribution >= 4 is 34.0 Å². The molecule has 12 heteroatoms. The number of nitrogens with one attached hydrogen (secondary N) is 2. The number of likely N-dealkylation sites (N-methyl/N-ethyl adjacent to an activating group) is 1. The van der Waals surface area contributed by atoms with Crippen LogP contribution in [0.2, 0.25) is 5.02 Å². The van der Waals surface area contributed by atoms with E-state index in [1.807, 2.05) is 0 Å². The lowest BCUT2D eigenvalue weighted by Gasteiger charge is -2.18. The van der Waals surface area contributed by atoms with Crippen LogP contribution in [0.5, 0.6) is 5.75 Å². The lowest BCUT2D eigenvalue weighted by molar-refractivity contribution is -0.138. The van der Waals surface area contributed by atoms with E-state index in [9.17, 15) is 17.6 Å². The minimum absolute atomic E-state index is 0.0926. The summed E-state index contributed by atoms with van der Waals surface area (Å²) in [5.41, 5.74) is 1.90. The Labute approximate surface area is 263 Å². The number of rotatable bonds is 13. The monoisotopic (exact) mass is 640 g/mol. The number of fused-ring (bicyclic) bond motifs is 1. The number of halogens is 5. The summed E-state index contributed by atoms with van der Waals surface area (Å²) in [5, 5.41) is 7.32. The van der Waals surface area contributed by atoms with Gasteiger partial charge in [-0.15, -0.1) is 0 Å². The number of anilines is 2. The molecule has 2 heterocycles. The molecule has 0 bridgehead atoms. The van der Waals surface area contributed by atoms with E-state index in [4.69, 9.17) is 16.3 Å². The predicted octanol–water partition coefficient (Wildman–Crippen LogP) is 7.99. The number of alkyl halides is 3. The second kappa shape index (κ2) is 14.3. The summed E-state index contributed by atoms with van der Waals surface area (Å²) in [5.74, 6) is 0.527. The van der Waals surface area contributed by atoms with Gasteiger partial charge < -0.3 is 24.8 Å². The van der Waals surface area contributed by atoms with Gasteiger partial charge >= 0.3 is 6.18 Å². The maximum atomic E-state index is 14.0. The molecule has 0 amide bonds. The first kappa shape index (κ1) is 32.2. The van der Waals surface area contributed by atoms with E-state index in [1.54, 1.807) is 48.5 Å². The smallest absolute Gasteiger partial charge is 0.418 e. The average Bonchev–Trinajstić information content (AvgIpc) is 3.46. The van der Waals surface area contributed by atoms with Crippen LogP contribution in [0.1, 0.15) is 30.5 Å². The molecule has 0 aliphatic rings. The van der Waals surface area contributed by atoms with E-state index in [0.29, 0.717) is 51.0 Å². The molecule has 0 atom stereocenters. The lowest BCUT2D eigenvalue weighted by Crippen LogP contribution is -2.31. The van der Waals surface area contributed by atoms with Crippen LogP contribution in [0.15, 0.2) is 79.4 Å². The van der Waals surface area contributed by atoms with Crippen LogP contribution in [0.25, 0.3) is 16.6 Å². The first-order chi connectivity index (χ1) is 21.6. The van der Waals surface area contributed by atoms with Gasteiger partial charge in [-0.25, -0.2) is 14.4 Å². The molecule has 45 heavy (non-hydrogen) atoms. The molecule has 0 aliphatic carbocycles. The third-order valence-electron chi connectivity index (χ3n) is 7.42. The Kier molecular flexibility index (Phi) is 10.2. The van der Waals surface area contributed by atoms with Gasteiger partial charge in [-0.05, 0) is 72.7 Å². The first-order valence-electron chi connectivity index (χ1n) is 14.5. The van der Waals surface area contributed by atoms with Crippen molar-refractivity contribution in [1.29, 1.82) is 0 Å². The summed E-state index contributed by atoms with van der Waals surface area (Å²) >= 11 is 6.47. The maximum absolute atomic E-state index is 14.0. The van der Waals surface area contributed by atoms with Crippen molar-refractivity contribution in [2.75, 3.05) is 31.5 Å². The van der Waals surface area contributed by atoms with Gasteiger partial charge in [0.15, 0.2) is 0 Å². The highest BCUT2D eigenvalue weighted by molar-refractivity contribution is 6.32. The topological polar surface area (TPSA) is 67.2 Å². The number of nitrogens with zero attached hydrogens (tertiary/aromatic N) is 4. The molecule has 0 fully saturated rings. The van der Waals surface area contributed by atoms with Crippen LogP contribution < -0.4 is 15.4 Å². The van der Waals surface area contributed by atoms with Crippen molar-refractivity contribution in [1.82, 2.24) is 24.8 Å². The molecule has 2 N–H and O–H groups in total. The average molecular weight is 641 g/mol. The molecule has 236 valence electrons. The molecule has 0 unspecified atom stereocenters. The molecule has 5 rings (SSSR count). The van der Waals surface area contributed by atoms with Gasteiger partial charge in [0, 0.05) is 48.8 Å². The fourth-order valence-corrected chi connectivity index (χ4v) is 5.20. The van der Waals surface area contributed by atoms with Gasteiger partial charge in [-0.3, -0.25) is 0 Å². The summed E-state index contributed by atoms with van der Waals surface area (Å²) < 4.78 is 62.7. The van der Waals surface area contributed by atoms with Crippen LogP contribution >= 0.6 is 11.6 Å². The molecule has 0 saturated carbocycles. The molecule has 0 spiro atoms. The molecule has 7 nitrogen and oxygen atoms in total. The number of hydrogen-bond donors (Lipinski definition) is 2. The Morgan fingerprint density at radius 1 is 0.978 bits per heavy atom. The zero-order valence-electron chi connectivity index (χ0n) is 24.8. The van der Waals surface area contributed by atoms with Crippen LogP contribution in [0.3, 0.4) is 0 Å². The zero-order valence-corrected chi connectivity index (χ0v) is 25.6. The summed E-state index contributed by atoms with van der Waals surface area (Å²) in [7, 11) is 0. The van der Waals surface area contributed by atoms with E-state index in [0.717, 1.165) is 25.8 Å². The molecule has 0 saturated heterocycles. The highest BCUT2D eigenvalue weighted by Crippen LogP contribution is 2.35. The molecule has 0 aliphatic heterocycles. The summed E-state index contributed by atoms with van der Waals surface area (Å²) in [6.07, 6.45) is -0.475. The predicted molar refractivity (Wildman–Crippen MR) is 169 cm³/mol. The fourth-order valence-electron chi connectivity index (χ4n) is 4.97. The van der Waals surface area contributed by atoms with Gasteiger partial charge in [0.05, 0.1) is 16.1 Å². The Hall–Kier alpha value is -4.19. The Morgan fingerprint density at radius 3 is 2.53 bits per heavy atom. The second-order valence-corrected chi connectivity index (χ2v) is 10.8. The van der Waals surface area contributed by atoms with E-state index >= 15 is 0 Å². The Morgan fingerprint density at radius 2 is 1.80 bits per heavy atom. The molecule has 2 aromatic heterocycles. The van der Waals surface area contributed by atoms with Gasteiger partial charge in [-0.2, -0.15) is 13.2 Å². The van der Waals surface area contributed by atoms with E-state index in [2.05, 4.69) is 39.3 Å². The van der Waals surface area contributed by atoms with Crippen molar-refractivity contribution in [3.63, 3.8) is 0 Å². The quantitative estimate of drug-likeness (QED) is 0.100. The number of ether oxygens (including phenoxy) is 1. The number of hydrogen-bond acceptors (Lipinski definition) is 6. The standard InChI is InChI=1S/C33H33ClF4N6O/c1-3-43(4-2)13-12-39-17-23-18-44(19-28(23)33(36,37)38)26-9-10-30-27(16-26)32(41-21-40-30)42-25-8-11-31(29(34)15-25)45-20-22-6-5-7-24(35)14-22/h5-11,14-16,18-19,21,39H,3-4,12-13,17,20H2,1-2H3,(H,40,41,42). The van der Waals surface area contributed by atoms with Gasteiger partial charge in [0.25, 0.3) is 0 Å². The van der Waals surface area contributed by atoms with Crippen LogP contribution in [0, 0.1) is 5.82 Å². The molecular formula is C33H33ClF4N6O. The summed E-state index contributed by atoms with van der Waals surface area (Å²) in [6.45, 7) is 7.45. The Bertz CT molecular complexity index is 1760. The highest BCUT2D eigenvalue weighted by Gasteiger charge is 2.35. The fraction of sp³-hybridized carbons (Fsp3) is 0.273. The third-order valence-corrected chi connectivity index (χ3v) is 7.72.